The molecule has 0 amide bonds. The van der Waals surface area contributed by atoms with E-state index in [1.165, 1.54) is 5.56 Å². The quantitative estimate of drug-likeness (QED) is 0.773. The number of Topliss-reactive ketones (excluding diaryl/α,β-unsaturated/α-hetero) is 1. The summed E-state index contributed by atoms with van der Waals surface area (Å²) in [7, 11) is 0. The SMILES string of the molecule is CCCCC(=O)CNc1ccccc1C. The van der Waals surface area contributed by atoms with Crippen LogP contribution in [0.3, 0.4) is 0 Å². The lowest BCUT2D eigenvalue weighted by Gasteiger charge is -2.08. The number of anilines is 1. The third kappa shape index (κ3) is 4.15. The fourth-order valence-corrected chi connectivity index (χ4v) is 1.43. The normalized spacial score (nSPS) is 10.0. The molecule has 0 saturated heterocycles. The first-order chi connectivity index (χ1) is 7.24. The average Bonchev–Trinajstić information content (AvgIpc) is 2.25. The van der Waals surface area contributed by atoms with Gasteiger partial charge in [-0.2, -0.15) is 0 Å². The molecule has 15 heavy (non-hydrogen) atoms. The van der Waals surface area contributed by atoms with Crippen molar-refractivity contribution in [1.29, 1.82) is 0 Å². The van der Waals surface area contributed by atoms with Crippen LogP contribution in [0.4, 0.5) is 5.69 Å². The van der Waals surface area contributed by atoms with E-state index in [1.807, 2.05) is 31.2 Å². The van der Waals surface area contributed by atoms with Crippen LogP contribution in [0.15, 0.2) is 24.3 Å². The van der Waals surface area contributed by atoms with Gasteiger partial charge in [0.1, 0.15) is 0 Å². The second-order valence-corrected chi connectivity index (χ2v) is 3.81. The number of hydrogen-bond donors (Lipinski definition) is 1. The Labute approximate surface area is 91.7 Å². The number of benzene rings is 1. The summed E-state index contributed by atoms with van der Waals surface area (Å²) < 4.78 is 0. The van der Waals surface area contributed by atoms with Crippen LogP contribution in [0.25, 0.3) is 0 Å². The van der Waals surface area contributed by atoms with Crippen molar-refractivity contribution in [2.75, 3.05) is 11.9 Å². The number of aryl methyl sites for hydroxylation is 1. The monoisotopic (exact) mass is 205 g/mol. The van der Waals surface area contributed by atoms with Crippen LogP contribution < -0.4 is 5.32 Å². The highest BCUT2D eigenvalue weighted by atomic mass is 16.1. The van der Waals surface area contributed by atoms with Crippen LogP contribution >= 0.6 is 0 Å². The summed E-state index contributed by atoms with van der Waals surface area (Å²) in [5.74, 6) is 0.292. The maximum atomic E-state index is 11.4. The number of nitrogens with one attached hydrogen (secondary N) is 1. The molecule has 82 valence electrons. The molecular weight excluding hydrogens is 186 g/mol. The fraction of sp³-hybridized carbons (Fsp3) is 0.462. The minimum atomic E-state index is 0.292. The summed E-state index contributed by atoms with van der Waals surface area (Å²) in [6, 6.07) is 8.02. The third-order valence-electron chi connectivity index (χ3n) is 2.43. The van der Waals surface area contributed by atoms with Crippen molar-refractivity contribution in [3.05, 3.63) is 29.8 Å². The molecule has 0 saturated carbocycles. The Kier molecular flexibility index (Phi) is 4.88. The van der Waals surface area contributed by atoms with Gasteiger partial charge in [0.05, 0.1) is 6.54 Å². The van der Waals surface area contributed by atoms with Gasteiger partial charge in [0, 0.05) is 12.1 Å². The van der Waals surface area contributed by atoms with E-state index in [0.29, 0.717) is 18.7 Å². The van der Waals surface area contributed by atoms with Gasteiger partial charge < -0.3 is 5.32 Å². The van der Waals surface area contributed by atoms with Crippen LogP contribution in [-0.4, -0.2) is 12.3 Å². The number of para-hydroxylation sites is 1. The van der Waals surface area contributed by atoms with Crippen LogP contribution in [0.1, 0.15) is 31.7 Å². The Bertz CT molecular complexity index is 320. The molecule has 0 atom stereocenters. The van der Waals surface area contributed by atoms with E-state index in [9.17, 15) is 4.79 Å². The second kappa shape index (κ2) is 6.23. The van der Waals surface area contributed by atoms with E-state index in [1.54, 1.807) is 0 Å². The minimum absolute atomic E-state index is 0.292. The van der Waals surface area contributed by atoms with E-state index in [-0.39, 0.29) is 0 Å². The number of carbonyl (C=O) groups is 1. The summed E-state index contributed by atoms with van der Waals surface area (Å²) in [5.41, 5.74) is 2.24. The smallest absolute Gasteiger partial charge is 0.151 e. The largest absolute Gasteiger partial charge is 0.378 e. The van der Waals surface area contributed by atoms with Gasteiger partial charge in [-0.1, -0.05) is 31.5 Å². The van der Waals surface area contributed by atoms with Gasteiger partial charge in [-0.05, 0) is 25.0 Å². The van der Waals surface area contributed by atoms with Crippen molar-refractivity contribution >= 4 is 11.5 Å². The molecule has 0 radical (unpaired) electrons. The minimum Gasteiger partial charge on any atom is -0.378 e. The molecule has 0 aliphatic rings. The Hall–Kier alpha value is -1.31. The highest BCUT2D eigenvalue weighted by Gasteiger charge is 2.01. The van der Waals surface area contributed by atoms with Crippen molar-refractivity contribution in [3.8, 4) is 0 Å². The molecule has 2 heteroatoms. The number of carbonyl (C=O) groups excluding carboxylic acids is 1. The van der Waals surface area contributed by atoms with E-state index in [2.05, 4.69) is 12.2 Å². The van der Waals surface area contributed by atoms with Gasteiger partial charge >= 0.3 is 0 Å². The van der Waals surface area contributed by atoms with Crippen molar-refractivity contribution in [3.63, 3.8) is 0 Å². The zero-order valence-electron chi connectivity index (χ0n) is 9.55. The molecule has 0 unspecified atom stereocenters. The van der Waals surface area contributed by atoms with Crippen LogP contribution in [0, 0.1) is 6.92 Å². The van der Waals surface area contributed by atoms with Crippen molar-refractivity contribution in [1.82, 2.24) is 0 Å². The highest BCUT2D eigenvalue weighted by molar-refractivity contribution is 5.83. The predicted octanol–water partition coefficient (Wildman–Crippen LogP) is 3.17. The topological polar surface area (TPSA) is 29.1 Å². The lowest BCUT2D eigenvalue weighted by molar-refractivity contribution is -0.117. The van der Waals surface area contributed by atoms with E-state index in [0.717, 1.165) is 18.5 Å². The molecule has 0 spiro atoms. The molecule has 0 aliphatic carbocycles. The number of rotatable bonds is 6. The van der Waals surface area contributed by atoms with Gasteiger partial charge in [-0.15, -0.1) is 0 Å². The first-order valence-corrected chi connectivity index (χ1v) is 5.55. The molecule has 0 aromatic heterocycles. The summed E-state index contributed by atoms with van der Waals surface area (Å²) in [6.45, 7) is 4.59. The van der Waals surface area contributed by atoms with Gasteiger partial charge in [0.25, 0.3) is 0 Å². The van der Waals surface area contributed by atoms with E-state index in [4.69, 9.17) is 0 Å². The number of unbranched alkanes of at least 4 members (excludes halogenated alkanes) is 1. The van der Waals surface area contributed by atoms with Gasteiger partial charge in [-0.3, -0.25) is 4.79 Å². The van der Waals surface area contributed by atoms with Crippen molar-refractivity contribution < 1.29 is 4.79 Å². The Morgan fingerprint density at radius 2 is 2.07 bits per heavy atom. The second-order valence-electron chi connectivity index (χ2n) is 3.81. The molecule has 0 heterocycles. The number of hydrogen-bond acceptors (Lipinski definition) is 2. The summed E-state index contributed by atoms with van der Waals surface area (Å²) in [6.07, 6.45) is 2.76. The standard InChI is InChI=1S/C13H19NO/c1-3-4-8-12(15)10-14-13-9-6-5-7-11(13)2/h5-7,9,14H,3-4,8,10H2,1-2H3. The van der Waals surface area contributed by atoms with Crippen molar-refractivity contribution in [2.45, 2.75) is 33.1 Å². The molecule has 1 N–H and O–H groups in total. The Balaban J connectivity index is 2.37. The lowest BCUT2D eigenvalue weighted by atomic mass is 10.1. The fourth-order valence-electron chi connectivity index (χ4n) is 1.43. The first-order valence-electron chi connectivity index (χ1n) is 5.55. The van der Waals surface area contributed by atoms with Gasteiger partial charge in [0.2, 0.25) is 0 Å². The zero-order valence-corrected chi connectivity index (χ0v) is 9.55. The average molecular weight is 205 g/mol. The van der Waals surface area contributed by atoms with Gasteiger partial charge in [-0.25, -0.2) is 0 Å². The van der Waals surface area contributed by atoms with Gasteiger partial charge in [0.15, 0.2) is 5.78 Å². The summed E-state index contributed by atoms with van der Waals surface area (Å²) in [5, 5.41) is 3.17. The number of ketones is 1. The molecule has 2 nitrogen and oxygen atoms in total. The van der Waals surface area contributed by atoms with E-state index >= 15 is 0 Å². The summed E-state index contributed by atoms with van der Waals surface area (Å²) in [4.78, 5) is 11.4. The van der Waals surface area contributed by atoms with Crippen LogP contribution in [0.5, 0.6) is 0 Å². The molecule has 0 bridgehead atoms. The molecule has 0 aliphatic heterocycles. The Morgan fingerprint density at radius 3 is 2.73 bits per heavy atom. The third-order valence-corrected chi connectivity index (χ3v) is 2.43. The lowest BCUT2D eigenvalue weighted by Crippen LogP contribution is -2.13. The van der Waals surface area contributed by atoms with Crippen LogP contribution in [0.2, 0.25) is 0 Å². The predicted molar refractivity (Wildman–Crippen MR) is 64.2 cm³/mol. The highest BCUT2D eigenvalue weighted by Crippen LogP contribution is 2.12. The first kappa shape index (κ1) is 11.8. The molecule has 1 aromatic carbocycles. The maximum Gasteiger partial charge on any atom is 0.151 e. The molecule has 1 rings (SSSR count). The van der Waals surface area contributed by atoms with E-state index < -0.39 is 0 Å². The molecule has 0 fully saturated rings. The molecular formula is C13H19NO. The summed E-state index contributed by atoms with van der Waals surface area (Å²) >= 11 is 0. The zero-order chi connectivity index (χ0) is 11.1. The maximum absolute atomic E-state index is 11.4. The van der Waals surface area contributed by atoms with Crippen molar-refractivity contribution in [2.24, 2.45) is 0 Å². The van der Waals surface area contributed by atoms with Crippen LogP contribution in [-0.2, 0) is 4.79 Å². The molecule has 1 aromatic rings. The Morgan fingerprint density at radius 1 is 1.33 bits per heavy atom.